The number of hydrogen-bond acceptors (Lipinski definition) is 0. The molecule has 156 valence electrons. The van der Waals surface area contributed by atoms with Crippen molar-refractivity contribution in [2.24, 2.45) is 0 Å². The molecule has 0 heterocycles. The molecular weight excluding hydrogens is 408 g/mol. The molecule has 3 aromatic rings. The Hall–Kier alpha value is -2.15. The van der Waals surface area contributed by atoms with E-state index in [2.05, 4.69) is 103 Å². The van der Waals surface area contributed by atoms with Gasteiger partial charge in [0.25, 0.3) is 0 Å². The molecule has 1 unspecified atom stereocenters. The van der Waals surface area contributed by atoms with Gasteiger partial charge in [0.05, 0.1) is 0 Å². The van der Waals surface area contributed by atoms with Gasteiger partial charge >= 0.3 is 192 Å². The van der Waals surface area contributed by atoms with Crippen LogP contribution in [-0.2, 0) is 30.8 Å². The predicted molar refractivity (Wildman–Crippen MR) is 129 cm³/mol. The fourth-order valence-corrected chi connectivity index (χ4v) is 14.9. The molecule has 31 heavy (non-hydrogen) atoms. The average molecular weight is 440 g/mol. The van der Waals surface area contributed by atoms with Gasteiger partial charge in [0.1, 0.15) is 0 Å². The van der Waals surface area contributed by atoms with Crippen LogP contribution in [0.1, 0.15) is 42.4 Å². The third kappa shape index (κ3) is 4.71. The predicted octanol–water partition coefficient (Wildman–Crippen LogP) is 7.97. The molecule has 5 rings (SSSR count). The average Bonchev–Trinajstić information content (AvgIpc) is 3.26. The van der Waals surface area contributed by atoms with Gasteiger partial charge in [-0.15, -0.1) is 0 Å². The molecular formula is C30H32Ti. The van der Waals surface area contributed by atoms with Gasteiger partial charge in [0.2, 0.25) is 0 Å². The van der Waals surface area contributed by atoms with Crippen molar-refractivity contribution in [1.29, 1.82) is 0 Å². The van der Waals surface area contributed by atoms with Crippen molar-refractivity contribution in [1.82, 2.24) is 0 Å². The fourth-order valence-electron chi connectivity index (χ4n) is 5.92. The third-order valence-electron chi connectivity index (χ3n) is 7.28. The monoisotopic (exact) mass is 440 g/mol. The van der Waals surface area contributed by atoms with Crippen LogP contribution >= 0.6 is 0 Å². The Morgan fingerprint density at radius 3 is 1.52 bits per heavy atom. The van der Waals surface area contributed by atoms with Crippen LogP contribution in [0.5, 0.6) is 0 Å². The minimum absolute atomic E-state index is 0.705. The molecule has 2 aliphatic carbocycles. The Labute approximate surface area is 191 Å². The maximum atomic E-state index is 2.64. The van der Waals surface area contributed by atoms with Crippen LogP contribution < -0.4 is 0 Å². The van der Waals surface area contributed by atoms with E-state index in [9.17, 15) is 0 Å². The first-order valence-electron chi connectivity index (χ1n) is 11.8. The first-order valence-corrected chi connectivity index (χ1v) is 16.1. The molecule has 0 aliphatic heterocycles. The summed E-state index contributed by atoms with van der Waals surface area (Å²) < 4.78 is 4.57. The van der Waals surface area contributed by atoms with Crippen LogP contribution in [0.4, 0.5) is 0 Å². The summed E-state index contributed by atoms with van der Waals surface area (Å²) in [6, 6.07) is 34.0. The second-order valence-electron chi connectivity index (χ2n) is 9.44. The van der Waals surface area contributed by atoms with Crippen molar-refractivity contribution >= 4 is 0 Å². The van der Waals surface area contributed by atoms with E-state index < -0.39 is 16.6 Å². The summed E-state index contributed by atoms with van der Waals surface area (Å²) in [5, 5.41) is 0. The van der Waals surface area contributed by atoms with Gasteiger partial charge < -0.3 is 0 Å². The molecule has 2 aliphatic rings. The van der Waals surface area contributed by atoms with Gasteiger partial charge in [-0.2, -0.15) is 0 Å². The van der Waals surface area contributed by atoms with E-state index in [1.807, 2.05) is 5.57 Å². The second-order valence-corrected chi connectivity index (χ2v) is 16.3. The van der Waals surface area contributed by atoms with Crippen LogP contribution in [0, 0.1) is 0 Å². The molecule has 0 amide bonds. The van der Waals surface area contributed by atoms with E-state index in [1.165, 1.54) is 56.6 Å². The summed E-state index contributed by atoms with van der Waals surface area (Å²) in [5.74, 6) is 0. The molecule has 3 aromatic carbocycles. The van der Waals surface area contributed by atoms with E-state index in [4.69, 9.17) is 0 Å². The van der Waals surface area contributed by atoms with Crippen molar-refractivity contribution in [2.45, 2.75) is 44.1 Å². The first kappa shape index (κ1) is 20.7. The number of rotatable bonds is 7. The molecule has 0 fully saturated rings. The van der Waals surface area contributed by atoms with Gasteiger partial charge in [-0.25, -0.2) is 0 Å². The summed E-state index contributed by atoms with van der Waals surface area (Å²) in [4.78, 5) is 0. The Kier molecular flexibility index (Phi) is 6.39. The van der Waals surface area contributed by atoms with Crippen LogP contribution in [0.15, 0.2) is 114 Å². The Morgan fingerprint density at radius 2 is 1.03 bits per heavy atom. The third-order valence-corrected chi connectivity index (χ3v) is 15.4. The van der Waals surface area contributed by atoms with Crippen LogP contribution in [0.2, 0.25) is 4.22 Å². The molecule has 1 atom stereocenters. The van der Waals surface area contributed by atoms with Gasteiger partial charge in [-0.3, -0.25) is 0 Å². The summed E-state index contributed by atoms with van der Waals surface area (Å²) in [6.45, 7) is 0. The fraction of sp³-hybridized carbons (Fsp3) is 0.267. The van der Waals surface area contributed by atoms with Crippen LogP contribution in [0.25, 0.3) is 0 Å². The van der Waals surface area contributed by atoms with Crippen molar-refractivity contribution < 1.29 is 16.6 Å². The molecule has 0 N–H and O–H groups in total. The minimum atomic E-state index is -2.53. The summed E-state index contributed by atoms with van der Waals surface area (Å²) in [6.07, 6.45) is 10.5. The molecule has 0 aromatic heterocycles. The van der Waals surface area contributed by atoms with Crippen molar-refractivity contribution in [3.63, 3.8) is 0 Å². The van der Waals surface area contributed by atoms with E-state index in [0.29, 0.717) is 4.22 Å². The Balaban J connectivity index is 1.62. The summed E-state index contributed by atoms with van der Waals surface area (Å²) in [7, 11) is 0. The van der Waals surface area contributed by atoms with Gasteiger partial charge in [-0.1, -0.05) is 0 Å². The first-order chi connectivity index (χ1) is 15.3. The van der Waals surface area contributed by atoms with E-state index in [-0.39, 0.29) is 0 Å². The Bertz CT molecular complexity index is 946. The zero-order valence-corrected chi connectivity index (χ0v) is 19.9. The summed E-state index contributed by atoms with van der Waals surface area (Å²) in [5.41, 5.74) is 8.10. The van der Waals surface area contributed by atoms with Crippen LogP contribution in [-0.4, -0.2) is 0 Å². The summed E-state index contributed by atoms with van der Waals surface area (Å²) >= 11 is -2.53. The zero-order valence-electron chi connectivity index (χ0n) is 18.3. The van der Waals surface area contributed by atoms with E-state index in [1.54, 1.807) is 5.57 Å². The number of hydrogen-bond donors (Lipinski definition) is 0. The quantitative estimate of drug-likeness (QED) is 0.327. The SMILES string of the molecule is C1=C[CH]([Ti]([CH2]c2ccccc2)([CH2]c2ccccc2)[CH2]c2ccccc2)C2=C1CCCC2. The molecule has 0 saturated heterocycles. The van der Waals surface area contributed by atoms with Gasteiger partial charge in [-0.05, 0) is 0 Å². The van der Waals surface area contributed by atoms with E-state index in [0.717, 1.165) is 0 Å². The number of benzene rings is 3. The van der Waals surface area contributed by atoms with E-state index >= 15 is 0 Å². The number of allylic oxidation sites excluding steroid dienone is 4. The maximum absolute atomic E-state index is 2.64. The molecule has 0 bridgehead atoms. The normalized spacial score (nSPS) is 18.3. The van der Waals surface area contributed by atoms with Gasteiger partial charge in [0, 0.05) is 0 Å². The molecule has 0 spiro atoms. The van der Waals surface area contributed by atoms with Crippen molar-refractivity contribution in [3.8, 4) is 0 Å². The zero-order chi connectivity index (χ0) is 20.9. The van der Waals surface area contributed by atoms with Crippen molar-refractivity contribution in [3.05, 3.63) is 131 Å². The molecule has 0 radical (unpaired) electrons. The standard InChI is InChI=1S/C9H11.3C7H7.Ti/c1-2-5-9-7-3-6-8(9)4-1;3*1-7-5-3-2-4-6-7;/h3,6-7H,1-2,4-5H2;3*2-6H,1H2;. The molecule has 0 saturated carbocycles. The second kappa shape index (κ2) is 9.55. The Morgan fingerprint density at radius 1 is 0.581 bits per heavy atom. The van der Waals surface area contributed by atoms with Gasteiger partial charge in [0.15, 0.2) is 0 Å². The van der Waals surface area contributed by atoms with Crippen molar-refractivity contribution in [2.75, 3.05) is 0 Å². The van der Waals surface area contributed by atoms with Crippen LogP contribution in [0.3, 0.4) is 0 Å². The molecule has 0 nitrogen and oxygen atoms in total. The topological polar surface area (TPSA) is 0 Å². The molecule has 1 heteroatoms.